The predicted molar refractivity (Wildman–Crippen MR) is 87.7 cm³/mol. The standard InChI is InChI=1S/C17H28N2O3/c1-15-3-5-16(6-4-15)19-9-7-18(8-10-19)13-17(20)14-22-12-11-21-2/h3-6,17,20H,7-14H2,1-2H3/p+1/t17-/m0/s1. The van der Waals surface area contributed by atoms with Gasteiger partial charge in [-0.25, -0.2) is 0 Å². The van der Waals surface area contributed by atoms with Gasteiger partial charge >= 0.3 is 0 Å². The van der Waals surface area contributed by atoms with Crippen molar-refractivity contribution in [2.75, 3.05) is 64.6 Å². The zero-order valence-electron chi connectivity index (χ0n) is 13.8. The molecule has 124 valence electrons. The van der Waals surface area contributed by atoms with Crippen molar-refractivity contribution in [1.29, 1.82) is 0 Å². The molecule has 1 atom stereocenters. The molecule has 1 aliphatic rings. The fourth-order valence-electron chi connectivity index (χ4n) is 2.79. The summed E-state index contributed by atoms with van der Waals surface area (Å²) in [5.41, 5.74) is 2.60. The molecule has 1 saturated heterocycles. The average Bonchev–Trinajstić information content (AvgIpc) is 2.53. The molecular weight excluding hydrogens is 280 g/mol. The van der Waals surface area contributed by atoms with Crippen LogP contribution in [0.15, 0.2) is 24.3 Å². The maximum atomic E-state index is 10.0. The number of aliphatic hydroxyl groups excluding tert-OH is 1. The van der Waals surface area contributed by atoms with Crippen LogP contribution in [0.4, 0.5) is 5.69 Å². The number of benzene rings is 1. The Balaban J connectivity index is 1.67. The molecule has 1 aromatic rings. The van der Waals surface area contributed by atoms with Crippen molar-refractivity contribution in [1.82, 2.24) is 0 Å². The number of aliphatic hydroxyl groups is 1. The van der Waals surface area contributed by atoms with Gasteiger partial charge in [0.2, 0.25) is 0 Å². The lowest BCUT2D eigenvalue weighted by Gasteiger charge is -2.34. The van der Waals surface area contributed by atoms with Crippen molar-refractivity contribution in [2.45, 2.75) is 13.0 Å². The minimum atomic E-state index is -0.391. The summed E-state index contributed by atoms with van der Waals surface area (Å²) >= 11 is 0. The van der Waals surface area contributed by atoms with E-state index in [4.69, 9.17) is 9.47 Å². The van der Waals surface area contributed by atoms with Gasteiger partial charge in [0.25, 0.3) is 0 Å². The molecule has 0 aromatic heterocycles. The Hall–Kier alpha value is -1.14. The number of ether oxygens (including phenoxy) is 2. The van der Waals surface area contributed by atoms with Crippen molar-refractivity contribution in [3.8, 4) is 0 Å². The maximum Gasteiger partial charge on any atom is 0.126 e. The zero-order chi connectivity index (χ0) is 15.8. The first-order valence-electron chi connectivity index (χ1n) is 8.09. The number of hydrogen-bond acceptors (Lipinski definition) is 4. The lowest BCUT2D eigenvalue weighted by Crippen LogP contribution is -3.16. The van der Waals surface area contributed by atoms with E-state index in [0.717, 1.165) is 32.7 Å². The van der Waals surface area contributed by atoms with Gasteiger partial charge in [-0.3, -0.25) is 0 Å². The minimum Gasteiger partial charge on any atom is -0.385 e. The first-order chi connectivity index (χ1) is 10.7. The molecule has 1 fully saturated rings. The molecule has 0 unspecified atom stereocenters. The van der Waals surface area contributed by atoms with Gasteiger partial charge < -0.3 is 24.4 Å². The smallest absolute Gasteiger partial charge is 0.126 e. The van der Waals surface area contributed by atoms with E-state index in [-0.39, 0.29) is 0 Å². The summed E-state index contributed by atoms with van der Waals surface area (Å²) in [5, 5.41) is 10.0. The number of piperazine rings is 1. The molecule has 0 spiro atoms. The van der Waals surface area contributed by atoms with Gasteiger partial charge in [-0.15, -0.1) is 0 Å². The van der Waals surface area contributed by atoms with Crippen molar-refractivity contribution in [3.63, 3.8) is 0 Å². The van der Waals surface area contributed by atoms with E-state index in [9.17, 15) is 5.11 Å². The molecule has 1 heterocycles. The highest BCUT2D eigenvalue weighted by atomic mass is 16.5. The molecule has 0 aliphatic carbocycles. The van der Waals surface area contributed by atoms with E-state index >= 15 is 0 Å². The summed E-state index contributed by atoms with van der Waals surface area (Å²) < 4.78 is 10.3. The summed E-state index contributed by atoms with van der Waals surface area (Å²) in [6.45, 7) is 8.58. The van der Waals surface area contributed by atoms with E-state index in [0.29, 0.717) is 19.8 Å². The highest BCUT2D eigenvalue weighted by molar-refractivity contribution is 5.47. The number of nitrogens with zero attached hydrogens (tertiary/aromatic N) is 1. The van der Waals surface area contributed by atoms with Crippen LogP contribution < -0.4 is 9.80 Å². The number of methoxy groups -OCH3 is 1. The first-order valence-corrected chi connectivity index (χ1v) is 8.09. The molecule has 1 aliphatic heterocycles. The monoisotopic (exact) mass is 309 g/mol. The van der Waals surface area contributed by atoms with E-state index in [1.165, 1.54) is 16.2 Å². The molecule has 0 radical (unpaired) electrons. The number of anilines is 1. The lowest BCUT2D eigenvalue weighted by molar-refractivity contribution is -0.903. The molecule has 1 aromatic carbocycles. The van der Waals surface area contributed by atoms with Crippen LogP contribution in [-0.4, -0.2) is 70.9 Å². The first kappa shape index (κ1) is 17.2. The fraction of sp³-hybridized carbons (Fsp3) is 0.647. The zero-order valence-corrected chi connectivity index (χ0v) is 13.8. The Morgan fingerprint density at radius 2 is 1.86 bits per heavy atom. The topological polar surface area (TPSA) is 46.4 Å². The van der Waals surface area contributed by atoms with E-state index < -0.39 is 6.10 Å². The van der Waals surface area contributed by atoms with Gasteiger partial charge in [-0.05, 0) is 19.1 Å². The van der Waals surface area contributed by atoms with E-state index in [1.54, 1.807) is 7.11 Å². The largest absolute Gasteiger partial charge is 0.385 e. The summed E-state index contributed by atoms with van der Waals surface area (Å²) in [4.78, 5) is 3.87. The second-order valence-corrected chi connectivity index (χ2v) is 6.00. The number of quaternary nitrogens is 1. The number of nitrogens with one attached hydrogen (secondary N) is 1. The second-order valence-electron chi connectivity index (χ2n) is 6.00. The van der Waals surface area contributed by atoms with Gasteiger partial charge in [0.05, 0.1) is 46.0 Å². The van der Waals surface area contributed by atoms with Crippen molar-refractivity contribution >= 4 is 5.69 Å². The van der Waals surface area contributed by atoms with Gasteiger partial charge in [0, 0.05) is 12.8 Å². The SMILES string of the molecule is COCCOC[C@@H](O)C[NH+]1CCN(c2ccc(C)cc2)CC1. The molecule has 0 amide bonds. The third-order valence-corrected chi connectivity index (χ3v) is 4.14. The number of hydrogen-bond donors (Lipinski definition) is 2. The van der Waals surface area contributed by atoms with Crippen LogP contribution in [-0.2, 0) is 9.47 Å². The lowest BCUT2D eigenvalue weighted by atomic mass is 10.2. The Morgan fingerprint density at radius 3 is 2.50 bits per heavy atom. The minimum absolute atomic E-state index is 0.391. The summed E-state index contributed by atoms with van der Waals surface area (Å²) in [6, 6.07) is 8.71. The molecule has 2 N–H and O–H groups in total. The second kappa shape index (κ2) is 9.10. The van der Waals surface area contributed by atoms with Crippen LogP contribution in [0.5, 0.6) is 0 Å². The van der Waals surface area contributed by atoms with Crippen LogP contribution in [0.1, 0.15) is 5.56 Å². The molecule has 5 heteroatoms. The number of rotatable bonds is 8. The summed E-state index contributed by atoms with van der Waals surface area (Å²) in [7, 11) is 1.65. The number of aryl methyl sites for hydroxylation is 1. The third-order valence-electron chi connectivity index (χ3n) is 4.14. The molecule has 0 saturated carbocycles. The maximum absolute atomic E-state index is 10.0. The Morgan fingerprint density at radius 1 is 1.18 bits per heavy atom. The highest BCUT2D eigenvalue weighted by Gasteiger charge is 2.22. The molecule has 2 rings (SSSR count). The summed E-state index contributed by atoms with van der Waals surface area (Å²) in [5.74, 6) is 0. The predicted octanol–water partition coefficient (Wildman–Crippen LogP) is -0.276. The van der Waals surface area contributed by atoms with Crippen LogP contribution in [0, 0.1) is 6.92 Å². The Bertz CT molecular complexity index is 416. The summed E-state index contributed by atoms with van der Waals surface area (Å²) in [6.07, 6.45) is -0.391. The van der Waals surface area contributed by atoms with Crippen molar-refractivity contribution in [2.24, 2.45) is 0 Å². The average molecular weight is 309 g/mol. The van der Waals surface area contributed by atoms with Crippen molar-refractivity contribution < 1.29 is 19.5 Å². The Labute approximate surface area is 133 Å². The van der Waals surface area contributed by atoms with Crippen LogP contribution in [0.2, 0.25) is 0 Å². The Kier molecular flexibility index (Phi) is 7.12. The van der Waals surface area contributed by atoms with Crippen LogP contribution in [0.3, 0.4) is 0 Å². The van der Waals surface area contributed by atoms with Gasteiger partial charge in [0.1, 0.15) is 12.6 Å². The fourth-order valence-corrected chi connectivity index (χ4v) is 2.79. The third kappa shape index (κ3) is 5.57. The van der Waals surface area contributed by atoms with E-state index in [1.807, 2.05) is 0 Å². The molecule has 22 heavy (non-hydrogen) atoms. The highest BCUT2D eigenvalue weighted by Crippen LogP contribution is 2.14. The molecule has 5 nitrogen and oxygen atoms in total. The van der Waals surface area contributed by atoms with Gasteiger partial charge in [-0.2, -0.15) is 0 Å². The van der Waals surface area contributed by atoms with Crippen molar-refractivity contribution in [3.05, 3.63) is 29.8 Å². The van der Waals surface area contributed by atoms with Gasteiger partial charge in [0.15, 0.2) is 0 Å². The molecular formula is C17H29N2O3+. The van der Waals surface area contributed by atoms with E-state index in [2.05, 4.69) is 36.1 Å². The van der Waals surface area contributed by atoms with Gasteiger partial charge in [-0.1, -0.05) is 17.7 Å². The van der Waals surface area contributed by atoms with Crippen LogP contribution in [0.25, 0.3) is 0 Å². The molecule has 0 bridgehead atoms. The quantitative estimate of drug-likeness (QED) is 0.649. The normalized spacial score (nSPS) is 17.7. The van der Waals surface area contributed by atoms with Crippen LogP contribution >= 0.6 is 0 Å².